The standard InChI is InChI=1S/C36H23N5.2C35H22N4/c1-2-8-30-24(5-1)10-15-34-36(30)31-19-25(32-13-9-28(22-39-32)26-6-3-17-37-20-26)11-14-33(31)41(34)35-16-12-29(23-40-35)27-7-4-18-38-21-27;1-3-9-28-23(6-1)12-17-33-35(28)29-20-25(31-15-11-24-7-2-4-10-30(24)38-31)13-16-32(29)39(33)34-18-14-27(22-37-34)26-8-5-19-36-21-26;1-3-9-28-23(6-1)11-15-32-34(28)30-20-25(35-29-10-4-2-7-24(29)17-19-37-35)12-14-31(30)39(32)33-16-13-27(22-38-33)26-8-5-18-36-21-26/h1-23H;2*1-22H. The molecule has 0 radical (unpaired) electrons. The molecule has 0 aliphatic rings. The minimum absolute atomic E-state index is 0.875. The van der Waals surface area contributed by atoms with Crippen LogP contribution in [0.25, 0.3) is 215 Å². The molecule has 0 saturated heterocycles. The van der Waals surface area contributed by atoms with Crippen LogP contribution in [0, 0.1) is 0 Å². The van der Waals surface area contributed by atoms with E-state index in [9.17, 15) is 0 Å². The molecule has 13 heteroatoms. The highest BCUT2D eigenvalue weighted by molar-refractivity contribution is 6.24. The second kappa shape index (κ2) is 29.5. The molecule has 13 aromatic heterocycles. The lowest BCUT2D eigenvalue weighted by atomic mass is 10.00. The lowest BCUT2D eigenvalue weighted by Crippen LogP contribution is -1.97. The van der Waals surface area contributed by atoms with Crippen molar-refractivity contribution in [3.05, 3.63) is 408 Å². The predicted octanol–water partition coefficient (Wildman–Crippen LogP) is 25.7. The van der Waals surface area contributed by atoms with Crippen molar-refractivity contribution in [3.8, 4) is 95.7 Å². The quantitative estimate of drug-likeness (QED) is 0.130. The zero-order valence-corrected chi connectivity index (χ0v) is 64.0. The van der Waals surface area contributed by atoms with Crippen LogP contribution in [-0.2, 0) is 0 Å². The van der Waals surface area contributed by atoms with Crippen molar-refractivity contribution in [2.24, 2.45) is 0 Å². The smallest absolute Gasteiger partial charge is 0.137 e. The summed E-state index contributed by atoms with van der Waals surface area (Å²) in [5.74, 6) is 2.64. The Bertz CT molecular complexity index is 7980. The van der Waals surface area contributed by atoms with E-state index in [0.717, 1.165) is 145 Å². The Kier molecular flexibility index (Phi) is 17.2. The molecule has 0 fully saturated rings. The predicted molar refractivity (Wildman–Crippen MR) is 486 cm³/mol. The molecule has 0 unspecified atom stereocenters. The number of hydrogen-bond acceptors (Lipinski definition) is 10. The molecule has 0 aliphatic carbocycles. The van der Waals surface area contributed by atoms with Crippen LogP contribution in [0.2, 0.25) is 0 Å². The Morgan fingerprint density at radius 3 is 0.916 bits per heavy atom. The van der Waals surface area contributed by atoms with Gasteiger partial charge in [-0.2, -0.15) is 0 Å². The molecule has 13 heterocycles. The summed E-state index contributed by atoms with van der Waals surface area (Å²) >= 11 is 0. The molecule has 0 aliphatic heterocycles. The number of hydrogen-bond donors (Lipinski definition) is 0. The first kappa shape index (κ1) is 69.3. The van der Waals surface area contributed by atoms with Crippen LogP contribution in [0.5, 0.6) is 0 Å². The van der Waals surface area contributed by atoms with Gasteiger partial charge in [-0.1, -0.05) is 188 Å². The van der Waals surface area contributed by atoms with Crippen molar-refractivity contribution in [3.63, 3.8) is 0 Å². The maximum Gasteiger partial charge on any atom is 0.137 e. The van der Waals surface area contributed by atoms with Gasteiger partial charge in [-0.05, 0) is 177 Å². The van der Waals surface area contributed by atoms with E-state index in [2.05, 4.69) is 319 Å². The molecule has 24 aromatic rings. The van der Waals surface area contributed by atoms with Gasteiger partial charge in [0.2, 0.25) is 0 Å². The SMILES string of the molecule is c1cncc(-c2ccc(-c3ccc4c(c3)c3c5ccccc5ccc3n4-c3ccc(-c4cccnc4)cn3)nc2)c1.c1cncc(-c2ccc(-n3c4ccc(-c5ccc6ccccc6n5)cc4c4c5ccccc5ccc43)nc2)c1.c1cncc(-c2ccc(-n3c4ccc(-c5nccc6ccccc56)cc4c4c5ccccc5ccc43)nc2)c1. The summed E-state index contributed by atoms with van der Waals surface area (Å²) in [4.78, 5) is 46.4. The third-order valence-electron chi connectivity index (χ3n) is 22.8. The summed E-state index contributed by atoms with van der Waals surface area (Å²) in [6, 6.07) is 115. The minimum atomic E-state index is 0.875. The van der Waals surface area contributed by atoms with E-state index in [1.54, 1.807) is 24.8 Å². The molecule has 0 spiro atoms. The van der Waals surface area contributed by atoms with Gasteiger partial charge in [-0.15, -0.1) is 0 Å². The van der Waals surface area contributed by atoms with Crippen molar-refractivity contribution in [1.82, 2.24) is 63.5 Å². The number of aromatic nitrogens is 13. The maximum absolute atomic E-state index is 4.97. The molecule has 0 atom stereocenters. The van der Waals surface area contributed by atoms with Crippen LogP contribution in [0.3, 0.4) is 0 Å². The van der Waals surface area contributed by atoms with Gasteiger partial charge in [0.25, 0.3) is 0 Å². The largest absolute Gasteiger partial charge is 0.294 e. The third-order valence-corrected chi connectivity index (χ3v) is 22.8. The number of fused-ring (bicyclic) bond motifs is 17. The Labute approximate surface area is 682 Å². The normalized spacial score (nSPS) is 11.5. The van der Waals surface area contributed by atoms with Crippen molar-refractivity contribution >= 4 is 119 Å². The van der Waals surface area contributed by atoms with Crippen LogP contribution in [0.15, 0.2) is 408 Å². The average Bonchev–Trinajstić information content (AvgIpc) is 1.58. The van der Waals surface area contributed by atoms with Gasteiger partial charge in [-0.25, -0.2) is 19.9 Å². The molecule has 119 heavy (non-hydrogen) atoms. The fourth-order valence-electron chi connectivity index (χ4n) is 17.1. The second-order valence-electron chi connectivity index (χ2n) is 29.6. The van der Waals surface area contributed by atoms with Crippen molar-refractivity contribution in [2.75, 3.05) is 0 Å². The fraction of sp³-hybridized carbons (Fsp3) is 0. The minimum Gasteiger partial charge on any atom is -0.294 e. The van der Waals surface area contributed by atoms with Gasteiger partial charge in [0, 0.05) is 185 Å². The van der Waals surface area contributed by atoms with Gasteiger partial charge in [-0.3, -0.25) is 43.6 Å². The van der Waals surface area contributed by atoms with E-state index in [1.165, 1.54) is 70.0 Å². The van der Waals surface area contributed by atoms with Crippen LogP contribution >= 0.6 is 0 Å². The van der Waals surface area contributed by atoms with Crippen LogP contribution in [0.1, 0.15) is 0 Å². The van der Waals surface area contributed by atoms with Gasteiger partial charge >= 0.3 is 0 Å². The number of nitrogens with zero attached hydrogens (tertiary/aromatic N) is 13. The summed E-state index contributed by atoms with van der Waals surface area (Å²) in [6.45, 7) is 0. The van der Waals surface area contributed by atoms with Crippen LogP contribution in [-0.4, -0.2) is 63.5 Å². The van der Waals surface area contributed by atoms with Crippen molar-refractivity contribution in [2.45, 2.75) is 0 Å². The molecular formula is C106H67N13. The molecule has 0 bridgehead atoms. The van der Waals surface area contributed by atoms with E-state index < -0.39 is 0 Å². The number of pyridine rings is 10. The molecular weight excluding hydrogens is 1460 g/mol. The second-order valence-corrected chi connectivity index (χ2v) is 29.6. The number of rotatable bonds is 10. The molecule has 556 valence electrons. The van der Waals surface area contributed by atoms with E-state index in [-0.39, 0.29) is 0 Å². The summed E-state index contributed by atoms with van der Waals surface area (Å²) in [7, 11) is 0. The highest BCUT2D eigenvalue weighted by Gasteiger charge is 2.22. The van der Waals surface area contributed by atoms with Gasteiger partial charge in [0.05, 0.1) is 55.7 Å². The highest BCUT2D eigenvalue weighted by Crippen LogP contribution is 2.44. The first-order chi connectivity index (χ1) is 59.0. The Hall–Kier alpha value is -16.4. The Morgan fingerprint density at radius 1 is 0.185 bits per heavy atom. The monoisotopic (exact) mass is 1520 g/mol. The maximum atomic E-state index is 4.97. The van der Waals surface area contributed by atoms with E-state index >= 15 is 0 Å². The first-order valence-corrected chi connectivity index (χ1v) is 39.6. The topological polar surface area (TPSA) is 144 Å². The molecule has 0 N–H and O–H groups in total. The molecule has 13 nitrogen and oxygen atoms in total. The van der Waals surface area contributed by atoms with Gasteiger partial charge < -0.3 is 0 Å². The van der Waals surface area contributed by atoms with Crippen molar-refractivity contribution in [1.29, 1.82) is 0 Å². The first-order valence-electron chi connectivity index (χ1n) is 39.6. The average molecular weight is 1520 g/mol. The van der Waals surface area contributed by atoms with Gasteiger partial charge in [0.1, 0.15) is 17.5 Å². The zero-order valence-electron chi connectivity index (χ0n) is 64.0. The third kappa shape index (κ3) is 12.5. The summed E-state index contributed by atoms with van der Waals surface area (Å²) < 4.78 is 6.79. The summed E-state index contributed by atoms with van der Waals surface area (Å²) in [5.41, 5.74) is 22.3. The van der Waals surface area contributed by atoms with E-state index in [0.29, 0.717) is 0 Å². The Balaban J connectivity index is 0.000000107. The van der Waals surface area contributed by atoms with Crippen LogP contribution in [0.4, 0.5) is 0 Å². The molecule has 11 aromatic carbocycles. The van der Waals surface area contributed by atoms with E-state index in [1.807, 2.05) is 98.2 Å². The fourth-order valence-corrected chi connectivity index (χ4v) is 17.1. The lowest BCUT2D eigenvalue weighted by molar-refractivity contribution is 1.08. The molecule has 0 amide bonds. The van der Waals surface area contributed by atoms with E-state index in [4.69, 9.17) is 29.9 Å². The highest BCUT2D eigenvalue weighted by atomic mass is 15.1. The lowest BCUT2D eigenvalue weighted by Gasteiger charge is -2.09. The number of para-hydroxylation sites is 1. The van der Waals surface area contributed by atoms with Crippen molar-refractivity contribution < 1.29 is 0 Å². The molecule has 0 saturated carbocycles. The number of benzene rings is 11. The summed E-state index contributed by atoms with van der Waals surface area (Å²) in [5, 5.41) is 18.0. The van der Waals surface area contributed by atoms with Crippen LogP contribution < -0.4 is 0 Å². The van der Waals surface area contributed by atoms with Gasteiger partial charge in [0.15, 0.2) is 0 Å². The zero-order chi connectivity index (χ0) is 78.7. The molecule has 24 rings (SSSR count). The summed E-state index contributed by atoms with van der Waals surface area (Å²) in [6.07, 6.45) is 24.2. The Morgan fingerprint density at radius 2 is 0.513 bits per heavy atom.